The number of carbonyl (C=O) groups excluding carboxylic acids is 1. The van der Waals surface area contributed by atoms with Gasteiger partial charge in [-0.05, 0) is 73.2 Å². The second-order valence-electron chi connectivity index (χ2n) is 8.77. The number of aromatic nitrogens is 1. The largest absolute Gasteiger partial charge is 0.467 e. The standard InChI is InChI=1S/C26H23F2N3O2S/c27-17-11-16(12-18(28)13-17)24-22-7-3-9-30(22)25-21(20-6-1-2-8-23(20)34-25)15-31(24)26(32)29-14-19-5-4-10-33-19/h3-5,7,9-13,24H,1-2,6,8,14-15H2,(H,29,32)/t24-/m1/s1. The molecule has 0 unspecified atom stereocenters. The molecule has 174 valence electrons. The van der Waals surface area contributed by atoms with E-state index in [1.165, 1.54) is 29.0 Å². The van der Waals surface area contributed by atoms with E-state index in [1.54, 1.807) is 34.6 Å². The fourth-order valence-electron chi connectivity index (χ4n) is 5.15. The highest BCUT2D eigenvalue weighted by Gasteiger charge is 2.36. The summed E-state index contributed by atoms with van der Waals surface area (Å²) >= 11 is 1.77. The van der Waals surface area contributed by atoms with Crippen molar-refractivity contribution in [1.82, 2.24) is 14.8 Å². The number of nitrogens with one attached hydrogen (secondary N) is 1. The third kappa shape index (κ3) is 3.62. The van der Waals surface area contributed by atoms with Crippen LogP contribution in [0.1, 0.15) is 51.9 Å². The molecule has 1 aliphatic carbocycles. The zero-order valence-electron chi connectivity index (χ0n) is 18.4. The van der Waals surface area contributed by atoms with Gasteiger partial charge in [0.05, 0.1) is 25.0 Å². The minimum Gasteiger partial charge on any atom is -0.467 e. The van der Waals surface area contributed by atoms with E-state index in [2.05, 4.69) is 9.88 Å². The van der Waals surface area contributed by atoms with Crippen LogP contribution in [0.2, 0.25) is 0 Å². The summed E-state index contributed by atoms with van der Waals surface area (Å²) < 4.78 is 36.1. The lowest BCUT2D eigenvalue weighted by Crippen LogP contribution is -2.41. The number of benzene rings is 1. The molecule has 2 amide bonds. The number of thiophene rings is 1. The van der Waals surface area contributed by atoms with Gasteiger partial charge in [-0.25, -0.2) is 13.6 Å². The van der Waals surface area contributed by atoms with Gasteiger partial charge in [-0.1, -0.05) is 0 Å². The minimum absolute atomic E-state index is 0.224. The Morgan fingerprint density at radius 3 is 2.71 bits per heavy atom. The molecule has 0 saturated heterocycles. The Bertz CT molecular complexity index is 1340. The predicted octanol–water partition coefficient (Wildman–Crippen LogP) is 6.10. The molecule has 2 aliphatic rings. The van der Waals surface area contributed by atoms with Gasteiger partial charge < -0.3 is 19.2 Å². The highest BCUT2D eigenvalue weighted by Crippen LogP contribution is 2.44. The lowest BCUT2D eigenvalue weighted by Gasteiger charge is -2.31. The van der Waals surface area contributed by atoms with Crippen LogP contribution in [0.4, 0.5) is 13.6 Å². The molecule has 0 saturated carbocycles. The summed E-state index contributed by atoms with van der Waals surface area (Å²) in [5.74, 6) is -0.700. The van der Waals surface area contributed by atoms with Gasteiger partial charge in [-0.3, -0.25) is 0 Å². The molecule has 4 heterocycles. The fraction of sp³-hybridized carbons (Fsp3) is 0.269. The average Bonchev–Trinajstić information content (AvgIpc) is 3.56. The topological polar surface area (TPSA) is 50.4 Å². The van der Waals surface area contributed by atoms with Gasteiger partial charge in [-0.2, -0.15) is 0 Å². The molecule has 0 spiro atoms. The van der Waals surface area contributed by atoms with Gasteiger partial charge in [0.1, 0.15) is 28.4 Å². The summed E-state index contributed by atoms with van der Waals surface area (Å²) in [5, 5.41) is 4.03. The van der Waals surface area contributed by atoms with Crippen LogP contribution < -0.4 is 5.32 Å². The van der Waals surface area contributed by atoms with Crippen molar-refractivity contribution in [1.29, 1.82) is 0 Å². The van der Waals surface area contributed by atoms with E-state index in [4.69, 9.17) is 4.42 Å². The summed E-state index contributed by atoms with van der Waals surface area (Å²) in [6, 6.07) is 9.91. The molecule has 1 atom stereocenters. The van der Waals surface area contributed by atoms with Crippen molar-refractivity contribution in [3.63, 3.8) is 0 Å². The van der Waals surface area contributed by atoms with Crippen LogP contribution in [-0.4, -0.2) is 15.5 Å². The molecule has 6 rings (SSSR count). The van der Waals surface area contributed by atoms with Crippen LogP contribution in [0.5, 0.6) is 0 Å². The average molecular weight is 480 g/mol. The van der Waals surface area contributed by atoms with E-state index in [0.29, 0.717) is 17.9 Å². The lowest BCUT2D eigenvalue weighted by atomic mass is 9.95. The van der Waals surface area contributed by atoms with Gasteiger partial charge in [0, 0.05) is 22.7 Å². The third-order valence-electron chi connectivity index (χ3n) is 6.63. The van der Waals surface area contributed by atoms with Crippen LogP contribution in [0.25, 0.3) is 5.00 Å². The van der Waals surface area contributed by atoms with Crippen LogP contribution in [-0.2, 0) is 25.9 Å². The number of nitrogens with zero attached hydrogens (tertiary/aromatic N) is 2. The van der Waals surface area contributed by atoms with Gasteiger partial charge in [-0.15, -0.1) is 11.3 Å². The lowest BCUT2D eigenvalue weighted by molar-refractivity contribution is 0.179. The summed E-state index contributed by atoms with van der Waals surface area (Å²) in [6.07, 6.45) is 7.86. The molecule has 1 aromatic carbocycles. The van der Waals surface area contributed by atoms with Crippen molar-refractivity contribution in [2.75, 3.05) is 0 Å². The number of hydrogen-bond acceptors (Lipinski definition) is 3. The van der Waals surface area contributed by atoms with Crippen molar-refractivity contribution < 1.29 is 18.0 Å². The second kappa shape index (κ2) is 8.43. The number of carbonyl (C=O) groups is 1. The number of halogens is 2. The minimum atomic E-state index is -0.666. The number of furan rings is 1. The van der Waals surface area contributed by atoms with Crippen molar-refractivity contribution in [2.24, 2.45) is 0 Å². The maximum absolute atomic E-state index is 14.3. The summed E-state index contributed by atoms with van der Waals surface area (Å²) in [4.78, 5) is 16.7. The zero-order valence-corrected chi connectivity index (χ0v) is 19.2. The first-order valence-electron chi connectivity index (χ1n) is 11.4. The molecule has 3 aromatic heterocycles. The normalized spacial score (nSPS) is 17.0. The molecular weight excluding hydrogens is 456 g/mol. The van der Waals surface area contributed by atoms with Crippen molar-refractivity contribution in [2.45, 2.75) is 44.8 Å². The fourth-order valence-corrected chi connectivity index (χ4v) is 6.55. The van der Waals surface area contributed by atoms with E-state index in [-0.39, 0.29) is 12.6 Å². The molecule has 4 aromatic rings. The third-order valence-corrected chi connectivity index (χ3v) is 7.97. The van der Waals surface area contributed by atoms with Crippen molar-refractivity contribution >= 4 is 17.4 Å². The first-order valence-corrected chi connectivity index (χ1v) is 12.2. The number of hydrogen-bond donors (Lipinski definition) is 1. The molecule has 0 fully saturated rings. The molecule has 1 N–H and O–H groups in total. The Kier molecular flexibility index (Phi) is 5.25. The monoisotopic (exact) mass is 479 g/mol. The predicted molar refractivity (Wildman–Crippen MR) is 125 cm³/mol. The Morgan fingerprint density at radius 1 is 1.09 bits per heavy atom. The van der Waals surface area contributed by atoms with Gasteiger partial charge in [0.2, 0.25) is 0 Å². The number of amides is 2. The Labute approximate surface area is 199 Å². The molecule has 1 aliphatic heterocycles. The summed E-state index contributed by atoms with van der Waals surface area (Å²) in [5.41, 5.74) is 3.65. The Hall–Kier alpha value is -3.39. The van der Waals surface area contributed by atoms with Crippen LogP contribution in [0.15, 0.2) is 59.3 Å². The first kappa shape index (κ1) is 21.2. The molecular formula is C26H23F2N3O2S. The maximum Gasteiger partial charge on any atom is 0.318 e. The van der Waals surface area contributed by atoms with Gasteiger partial charge in [0.15, 0.2) is 0 Å². The molecule has 0 radical (unpaired) electrons. The smallest absolute Gasteiger partial charge is 0.318 e. The molecule has 34 heavy (non-hydrogen) atoms. The van der Waals surface area contributed by atoms with Gasteiger partial charge in [0.25, 0.3) is 0 Å². The number of aryl methyl sites for hydroxylation is 1. The summed E-state index contributed by atoms with van der Waals surface area (Å²) in [7, 11) is 0. The van der Waals surface area contributed by atoms with Crippen molar-refractivity contribution in [3.8, 4) is 5.00 Å². The van der Waals surface area contributed by atoms with E-state index >= 15 is 0 Å². The van der Waals surface area contributed by atoms with E-state index in [1.807, 2.05) is 18.3 Å². The van der Waals surface area contributed by atoms with E-state index in [9.17, 15) is 13.6 Å². The number of urea groups is 1. The quantitative estimate of drug-likeness (QED) is 0.386. The van der Waals surface area contributed by atoms with Gasteiger partial charge >= 0.3 is 6.03 Å². The van der Waals surface area contributed by atoms with E-state index < -0.39 is 17.7 Å². The number of rotatable bonds is 3. The second-order valence-corrected chi connectivity index (χ2v) is 9.85. The Morgan fingerprint density at radius 2 is 1.91 bits per heavy atom. The maximum atomic E-state index is 14.3. The highest BCUT2D eigenvalue weighted by molar-refractivity contribution is 7.15. The van der Waals surface area contributed by atoms with Crippen molar-refractivity contribution in [3.05, 3.63) is 99.6 Å². The zero-order chi connectivity index (χ0) is 23.2. The number of fused-ring (bicyclic) bond motifs is 5. The first-order chi connectivity index (χ1) is 16.6. The van der Waals surface area contributed by atoms with Crippen LogP contribution in [0, 0.1) is 11.6 Å². The SMILES string of the molecule is O=C(NCc1ccco1)N1Cc2c(sc3c2CCCC3)-n2cccc2[C@H]1c1cc(F)cc(F)c1. The van der Waals surface area contributed by atoms with E-state index in [0.717, 1.165) is 41.6 Å². The Balaban J connectivity index is 1.48. The highest BCUT2D eigenvalue weighted by atomic mass is 32.1. The summed E-state index contributed by atoms with van der Waals surface area (Å²) in [6.45, 7) is 0.581. The van der Waals surface area contributed by atoms with Crippen LogP contribution in [0.3, 0.4) is 0 Å². The molecule has 5 nitrogen and oxygen atoms in total. The molecule has 0 bridgehead atoms. The molecule has 8 heteroatoms. The van der Waals surface area contributed by atoms with Crippen LogP contribution >= 0.6 is 11.3 Å².